The van der Waals surface area contributed by atoms with Crippen molar-refractivity contribution in [2.45, 2.75) is 65.7 Å². The van der Waals surface area contributed by atoms with Crippen LogP contribution in [-0.4, -0.2) is 18.0 Å². The highest BCUT2D eigenvalue weighted by atomic mass is 15.1. The average molecular weight is 324 g/mol. The van der Waals surface area contributed by atoms with Crippen LogP contribution in [0.25, 0.3) is 5.70 Å². The topological polar surface area (TPSA) is 3.24 Å². The molecule has 1 saturated heterocycles. The number of hydrogen-bond acceptors (Lipinski definition) is 1. The standard InChI is InChI=1S/C23H33N/c1-5-20-9-10-22(16-21(20)6-2)19(4)24-14-12-23(13-15-24)11-7-8-18(3)17-23/h8-10,16H,4-7,11-15,17H2,1-3H3. The van der Waals surface area contributed by atoms with Crippen LogP contribution in [0.5, 0.6) is 0 Å². The molecule has 2 aliphatic rings. The lowest BCUT2D eigenvalue weighted by atomic mass is 9.68. The minimum absolute atomic E-state index is 0.580. The van der Waals surface area contributed by atoms with Gasteiger partial charge in [-0.3, -0.25) is 0 Å². The number of piperidine rings is 1. The third kappa shape index (κ3) is 3.45. The van der Waals surface area contributed by atoms with Crippen LogP contribution in [0, 0.1) is 5.41 Å². The van der Waals surface area contributed by atoms with Crippen molar-refractivity contribution in [1.82, 2.24) is 4.90 Å². The Morgan fingerprint density at radius 2 is 1.79 bits per heavy atom. The number of likely N-dealkylation sites (tertiary alicyclic amines) is 1. The monoisotopic (exact) mass is 323 g/mol. The minimum atomic E-state index is 0.580. The van der Waals surface area contributed by atoms with Gasteiger partial charge in [0, 0.05) is 18.8 Å². The normalized spacial score (nSPS) is 20.1. The van der Waals surface area contributed by atoms with Crippen LogP contribution in [0.3, 0.4) is 0 Å². The van der Waals surface area contributed by atoms with Crippen LogP contribution >= 0.6 is 0 Å². The van der Waals surface area contributed by atoms with Gasteiger partial charge in [-0.1, -0.05) is 44.2 Å². The summed E-state index contributed by atoms with van der Waals surface area (Å²) >= 11 is 0. The first-order valence-electron chi connectivity index (χ1n) is 9.78. The van der Waals surface area contributed by atoms with E-state index in [9.17, 15) is 0 Å². The summed E-state index contributed by atoms with van der Waals surface area (Å²) in [5.41, 5.74) is 7.70. The smallest absolute Gasteiger partial charge is 0.0366 e. The summed E-state index contributed by atoms with van der Waals surface area (Å²) in [6, 6.07) is 6.96. The summed E-state index contributed by atoms with van der Waals surface area (Å²) in [6.45, 7) is 13.6. The van der Waals surface area contributed by atoms with E-state index in [-0.39, 0.29) is 0 Å². The van der Waals surface area contributed by atoms with Gasteiger partial charge in [0.2, 0.25) is 0 Å². The van der Waals surface area contributed by atoms with E-state index in [0.717, 1.165) is 12.8 Å². The van der Waals surface area contributed by atoms with E-state index in [1.807, 2.05) is 0 Å². The van der Waals surface area contributed by atoms with Gasteiger partial charge in [-0.2, -0.15) is 0 Å². The Balaban J connectivity index is 1.68. The van der Waals surface area contributed by atoms with E-state index in [0.29, 0.717) is 5.41 Å². The molecule has 0 bridgehead atoms. The predicted octanol–water partition coefficient (Wildman–Crippen LogP) is 5.99. The van der Waals surface area contributed by atoms with Gasteiger partial charge in [-0.05, 0) is 80.0 Å². The predicted molar refractivity (Wildman–Crippen MR) is 105 cm³/mol. The van der Waals surface area contributed by atoms with Gasteiger partial charge in [-0.25, -0.2) is 0 Å². The molecule has 0 N–H and O–H groups in total. The lowest BCUT2D eigenvalue weighted by Crippen LogP contribution is -2.39. The highest BCUT2D eigenvalue weighted by molar-refractivity contribution is 5.63. The first kappa shape index (κ1) is 17.3. The fourth-order valence-corrected chi connectivity index (χ4v) is 4.72. The van der Waals surface area contributed by atoms with Crippen molar-refractivity contribution in [3.05, 3.63) is 53.1 Å². The molecule has 0 unspecified atom stereocenters. The molecule has 0 atom stereocenters. The molecule has 1 spiro atoms. The molecule has 0 amide bonds. The molecule has 1 fully saturated rings. The van der Waals surface area contributed by atoms with Crippen LogP contribution in [0.15, 0.2) is 36.4 Å². The lowest BCUT2D eigenvalue weighted by Gasteiger charge is -2.45. The number of rotatable bonds is 4. The lowest BCUT2D eigenvalue weighted by molar-refractivity contribution is 0.125. The average Bonchev–Trinajstić information content (AvgIpc) is 2.61. The van der Waals surface area contributed by atoms with Gasteiger partial charge in [-0.15, -0.1) is 0 Å². The van der Waals surface area contributed by atoms with E-state index in [1.165, 1.54) is 67.6 Å². The number of nitrogens with zero attached hydrogens (tertiary/aromatic N) is 1. The zero-order valence-electron chi connectivity index (χ0n) is 15.8. The van der Waals surface area contributed by atoms with Crippen molar-refractivity contribution in [2.75, 3.05) is 13.1 Å². The molecule has 1 aliphatic heterocycles. The van der Waals surface area contributed by atoms with Crippen molar-refractivity contribution in [2.24, 2.45) is 5.41 Å². The van der Waals surface area contributed by atoms with Gasteiger partial charge < -0.3 is 4.90 Å². The van der Waals surface area contributed by atoms with Crippen molar-refractivity contribution in [1.29, 1.82) is 0 Å². The first-order chi connectivity index (χ1) is 11.6. The van der Waals surface area contributed by atoms with Crippen LogP contribution in [0.2, 0.25) is 0 Å². The van der Waals surface area contributed by atoms with Gasteiger partial charge in [0.15, 0.2) is 0 Å². The number of benzene rings is 1. The highest BCUT2D eigenvalue weighted by Crippen LogP contribution is 2.45. The Labute approximate surface area is 148 Å². The van der Waals surface area contributed by atoms with E-state index in [1.54, 1.807) is 5.57 Å². The number of allylic oxidation sites excluding steroid dienone is 2. The summed E-state index contributed by atoms with van der Waals surface area (Å²) < 4.78 is 0. The van der Waals surface area contributed by atoms with Crippen LogP contribution in [0.1, 0.15) is 69.6 Å². The number of hydrogen-bond donors (Lipinski definition) is 0. The molecule has 0 aromatic heterocycles. The first-order valence-corrected chi connectivity index (χ1v) is 9.78. The summed E-state index contributed by atoms with van der Waals surface area (Å²) in [4.78, 5) is 2.53. The molecule has 1 nitrogen and oxygen atoms in total. The Morgan fingerprint density at radius 3 is 2.42 bits per heavy atom. The summed E-state index contributed by atoms with van der Waals surface area (Å²) in [5.74, 6) is 0. The second-order valence-electron chi connectivity index (χ2n) is 7.89. The second kappa shape index (κ2) is 7.17. The Kier molecular flexibility index (Phi) is 5.18. The zero-order valence-corrected chi connectivity index (χ0v) is 15.8. The van der Waals surface area contributed by atoms with Crippen LogP contribution < -0.4 is 0 Å². The van der Waals surface area contributed by atoms with Crippen LogP contribution in [0.4, 0.5) is 0 Å². The van der Waals surface area contributed by atoms with E-state index in [2.05, 4.69) is 56.5 Å². The van der Waals surface area contributed by atoms with Crippen molar-refractivity contribution in [3.63, 3.8) is 0 Å². The SMILES string of the molecule is C=C(c1ccc(CC)c(CC)c1)N1CCC2(CCC=C(C)C2)CC1. The molecule has 24 heavy (non-hydrogen) atoms. The van der Waals surface area contributed by atoms with E-state index < -0.39 is 0 Å². The molecule has 1 heterocycles. The van der Waals surface area contributed by atoms with Crippen molar-refractivity contribution in [3.8, 4) is 0 Å². The molecular formula is C23H33N. The maximum atomic E-state index is 4.44. The second-order valence-corrected chi connectivity index (χ2v) is 7.89. The van der Waals surface area contributed by atoms with Crippen molar-refractivity contribution >= 4 is 5.70 Å². The third-order valence-electron chi connectivity index (χ3n) is 6.33. The van der Waals surface area contributed by atoms with Gasteiger partial charge in [0.05, 0.1) is 0 Å². The summed E-state index contributed by atoms with van der Waals surface area (Å²) in [6.07, 6.45) is 11.3. The fraction of sp³-hybridized carbons (Fsp3) is 0.565. The molecule has 1 aliphatic carbocycles. The molecule has 130 valence electrons. The Bertz CT molecular complexity index is 629. The Hall–Kier alpha value is -1.50. The van der Waals surface area contributed by atoms with Crippen LogP contribution in [-0.2, 0) is 12.8 Å². The molecular weight excluding hydrogens is 290 g/mol. The highest BCUT2D eigenvalue weighted by Gasteiger charge is 2.35. The fourth-order valence-electron chi connectivity index (χ4n) is 4.72. The summed E-state index contributed by atoms with van der Waals surface area (Å²) in [5, 5.41) is 0. The van der Waals surface area contributed by atoms with Gasteiger partial charge in [0.1, 0.15) is 0 Å². The molecule has 1 aromatic rings. The molecule has 1 aromatic carbocycles. The molecule has 0 saturated carbocycles. The van der Waals surface area contributed by atoms with E-state index >= 15 is 0 Å². The zero-order chi connectivity index (χ0) is 17.2. The largest absolute Gasteiger partial charge is 0.371 e. The van der Waals surface area contributed by atoms with Gasteiger partial charge >= 0.3 is 0 Å². The molecule has 1 heteroatoms. The van der Waals surface area contributed by atoms with Crippen molar-refractivity contribution < 1.29 is 0 Å². The maximum absolute atomic E-state index is 4.44. The van der Waals surface area contributed by atoms with Gasteiger partial charge in [0.25, 0.3) is 0 Å². The minimum Gasteiger partial charge on any atom is -0.371 e. The number of aryl methyl sites for hydroxylation is 2. The quantitative estimate of drug-likeness (QED) is 0.615. The molecule has 3 rings (SSSR count). The maximum Gasteiger partial charge on any atom is 0.0366 e. The van der Waals surface area contributed by atoms with E-state index in [4.69, 9.17) is 0 Å². The molecule has 0 radical (unpaired) electrons. The summed E-state index contributed by atoms with van der Waals surface area (Å²) in [7, 11) is 0. The Morgan fingerprint density at radius 1 is 1.08 bits per heavy atom. The third-order valence-corrected chi connectivity index (χ3v) is 6.33.